The predicted octanol–water partition coefficient (Wildman–Crippen LogP) is 4.13. The number of aromatic nitrogens is 1. The Morgan fingerprint density at radius 1 is 1.00 bits per heavy atom. The van der Waals surface area contributed by atoms with E-state index in [0.29, 0.717) is 35.6 Å². The second kappa shape index (κ2) is 10.1. The second-order valence-electron chi connectivity index (χ2n) is 8.88. The van der Waals surface area contributed by atoms with Crippen LogP contribution < -0.4 is 5.32 Å². The zero-order valence-electron chi connectivity index (χ0n) is 20.1. The molecule has 1 fully saturated rings. The molecule has 0 radical (unpaired) electrons. The van der Waals surface area contributed by atoms with Crippen molar-refractivity contribution in [1.29, 1.82) is 0 Å². The maximum atomic E-state index is 13.0. The summed E-state index contributed by atoms with van der Waals surface area (Å²) in [5.74, 6) is -1.21. The maximum Gasteiger partial charge on any atom is 0.340 e. The van der Waals surface area contributed by atoms with Gasteiger partial charge in [-0.3, -0.25) is 9.78 Å². The minimum atomic E-state index is -3.63. The molecule has 0 unspecified atom stereocenters. The largest absolute Gasteiger partial charge is 0.452 e. The summed E-state index contributed by atoms with van der Waals surface area (Å²) in [5.41, 5.74) is 3.69. The van der Waals surface area contributed by atoms with Crippen LogP contribution in [-0.2, 0) is 19.6 Å². The van der Waals surface area contributed by atoms with E-state index in [-0.39, 0.29) is 4.90 Å². The molecule has 2 aromatic carbocycles. The van der Waals surface area contributed by atoms with Crippen molar-refractivity contribution in [2.24, 2.45) is 0 Å². The Kier molecular flexibility index (Phi) is 7.18. The highest BCUT2D eigenvalue weighted by atomic mass is 32.2. The lowest BCUT2D eigenvalue weighted by molar-refractivity contribution is -0.119. The number of hydrogen-bond acceptors (Lipinski definition) is 6. The van der Waals surface area contributed by atoms with Crippen LogP contribution in [0.15, 0.2) is 47.4 Å². The highest BCUT2D eigenvalue weighted by Gasteiger charge is 2.26. The number of nitrogens with zero attached hydrogens (tertiary/aromatic N) is 2. The molecule has 0 aliphatic carbocycles. The van der Waals surface area contributed by atoms with Crippen molar-refractivity contribution in [1.82, 2.24) is 9.29 Å². The Hall–Kier alpha value is -3.30. The Morgan fingerprint density at radius 2 is 1.74 bits per heavy atom. The molecule has 1 N–H and O–H groups in total. The van der Waals surface area contributed by atoms with E-state index < -0.39 is 28.5 Å². The third kappa shape index (κ3) is 5.52. The molecule has 4 rings (SSSR count). The van der Waals surface area contributed by atoms with Gasteiger partial charge in [0.25, 0.3) is 5.91 Å². The van der Waals surface area contributed by atoms with Gasteiger partial charge in [0.1, 0.15) is 0 Å². The van der Waals surface area contributed by atoms with Gasteiger partial charge in [0, 0.05) is 24.2 Å². The number of sulfonamides is 1. The van der Waals surface area contributed by atoms with Crippen molar-refractivity contribution in [2.75, 3.05) is 25.0 Å². The molecule has 2 heterocycles. The van der Waals surface area contributed by atoms with Crippen LogP contribution in [0.4, 0.5) is 5.69 Å². The molecule has 1 aliphatic heterocycles. The fourth-order valence-corrected chi connectivity index (χ4v) is 5.69. The highest BCUT2D eigenvalue weighted by Crippen LogP contribution is 2.25. The van der Waals surface area contributed by atoms with E-state index in [9.17, 15) is 18.0 Å². The molecule has 0 spiro atoms. The average molecular weight is 496 g/mol. The molecule has 1 saturated heterocycles. The Morgan fingerprint density at radius 3 is 2.49 bits per heavy atom. The van der Waals surface area contributed by atoms with Crippen LogP contribution in [0.25, 0.3) is 10.9 Å². The second-order valence-corrected chi connectivity index (χ2v) is 10.8. The predicted molar refractivity (Wildman–Crippen MR) is 134 cm³/mol. The third-order valence-corrected chi connectivity index (χ3v) is 8.05. The monoisotopic (exact) mass is 495 g/mol. The van der Waals surface area contributed by atoms with Crippen molar-refractivity contribution in [3.63, 3.8) is 0 Å². The molecule has 8 nitrogen and oxygen atoms in total. The summed E-state index contributed by atoms with van der Waals surface area (Å²) in [7, 11) is -3.63. The van der Waals surface area contributed by atoms with Crippen LogP contribution in [-0.4, -0.2) is 49.3 Å². The lowest BCUT2D eigenvalue weighted by atomic mass is 10.1. The number of carbonyl (C=O) groups excluding carboxylic acids is 2. The van der Waals surface area contributed by atoms with Gasteiger partial charge in [-0.2, -0.15) is 4.31 Å². The van der Waals surface area contributed by atoms with E-state index in [1.807, 2.05) is 25.1 Å². The molecule has 1 aliphatic rings. The molecule has 0 atom stereocenters. The minimum Gasteiger partial charge on any atom is -0.452 e. The highest BCUT2D eigenvalue weighted by molar-refractivity contribution is 7.89. The van der Waals surface area contributed by atoms with Gasteiger partial charge in [0.05, 0.1) is 21.7 Å². The molecule has 3 aromatic rings. The Labute approximate surface area is 205 Å². The maximum absolute atomic E-state index is 13.0. The van der Waals surface area contributed by atoms with Gasteiger partial charge in [0.2, 0.25) is 10.0 Å². The van der Waals surface area contributed by atoms with Crippen molar-refractivity contribution in [3.05, 3.63) is 64.8 Å². The zero-order chi connectivity index (χ0) is 25.2. The number of rotatable bonds is 6. The molecular formula is C26H29N3O5S. The van der Waals surface area contributed by atoms with Gasteiger partial charge in [-0.1, -0.05) is 24.1 Å². The lowest BCUT2D eigenvalue weighted by Gasteiger charge is -2.26. The molecule has 35 heavy (non-hydrogen) atoms. The van der Waals surface area contributed by atoms with Gasteiger partial charge in [0.15, 0.2) is 6.61 Å². The molecule has 1 amide bonds. The van der Waals surface area contributed by atoms with E-state index in [4.69, 9.17) is 4.74 Å². The number of pyridine rings is 1. The molecule has 9 heteroatoms. The van der Waals surface area contributed by atoms with Crippen molar-refractivity contribution in [3.8, 4) is 0 Å². The van der Waals surface area contributed by atoms with Gasteiger partial charge in [-0.05, 0) is 69.5 Å². The number of carbonyl (C=O) groups is 2. The van der Waals surface area contributed by atoms with Gasteiger partial charge in [-0.15, -0.1) is 0 Å². The Bertz CT molecular complexity index is 1400. The molecule has 184 valence electrons. The number of esters is 1. The first-order valence-corrected chi connectivity index (χ1v) is 13.0. The number of amides is 1. The van der Waals surface area contributed by atoms with E-state index in [1.54, 1.807) is 32.0 Å². The summed E-state index contributed by atoms with van der Waals surface area (Å²) in [6.45, 7) is 5.93. The van der Waals surface area contributed by atoms with Crippen LogP contribution in [0.5, 0.6) is 0 Å². The number of piperidine rings is 1. The summed E-state index contributed by atoms with van der Waals surface area (Å²) < 4.78 is 32.7. The van der Waals surface area contributed by atoms with Gasteiger partial charge < -0.3 is 10.1 Å². The fourth-order valence-electron chi connectivity index (χ4n) is 4.14. The summed E-state index contributed by atoms with van der Waals surface area (Å²) in [6, 6.07) is 12.1. The van der Waals surface area contributed by atoms with Crippen LogP contribution in [0.1, 0.15) is 46.4 Å². The fraction of sp³-hybridized carbons (Fsp3) is 0.346. The van der Waals surface area contributed by atoms with E-state index in [0.717, 1.165) is 35.7 Å². The standard InChI is InChI=1S/C26H29N3O5S/c1-17-7-10-23-20(13-17)14-22(19(3)27-23)26(31)34-16-25(30)28-24-15-21(9-8-18(24)2)35(32,33)29-11-5-4-6-12-29/h7-10,13-15H,4-6,11-12,16H2,1-3H3,(H,28,30). The first-order chi connectivity index (χ1) is 16.6. The topological polar surface area (TPSA) is 106 Å². The van der Waals surface area contributed by atoms with Crippen LogP contribution in [0.3, 0.4) is 0 Å². The number of hydrogen-bond donors (Lipinski definition) is 1. The normalized spacial score (nSPS) is 14.6. The molecular weight excluding hydrogens is 466 g/mol. The zero-order valence-corrected chi connectivity index (χ0v) is 20.9. The molecule has 0 saturated carbocycles. The van der Waals surface area contributed by atoms with Crippen LogP contribution in [0, 0.1) is 20.8 Å². The average Bonchev–Trinajstić information content (AvgIpc) is 2.84. The van der Waals surface area contributed by atoms with Crippen molar-refractivity contribution >= 4 is 38.5 Å². The number of aryl methyl sites for hydroxylation is 3. The quantitative estimate of drug-likeness (QED) is 0.516. The van der Waals surface area contributed by atoms with E-state index >= 15 is 0 Å². The number of benzene rings is 2. The SMILES string of the molecule is Cc1ccc2nc(C)c(C(=O)OCC(=O)Nc3cc(S(=O)(=O)N4CCCCC4)ccc3C)cc2c1. The summed E-state index contributed by atoms with van der Waals surface area (Å²) >= 11 is 0. The third-order valence-electron chi connectivity index (χ3n) is 6.15. The number of nitrogens with one attached hydrogen (secondary N) is 1. The van der Waals surface area contributed by atoms with Gasteiger partial charge in [-0.25, -0.2) is 13.2 Å². The van der Waals surface area contributed by atoms with Crippen LogP contribution >= 0.6 is 0 Å². The molecule has 0 bridgehead atoms. The Balaban J connectivity index is 1.44. The number of fused-ring (bicyclic) bond motifs is 1. The summed E-state index contributed by atoms with van der Waals surface area (Å²) in [4.78, 5) is 29.8. The first kappa shape index (κ1) is 24.8. The van der Waals surface area contributed by atoms with Crippen molar-refractivity contribution < 1.29 is 22.7 Å². The smallest absolute Gasteiger partial charge is 0.340 e. The van der Waals surface area contributed by atoms with E-state index in [1.165, 1.54) is 10.4 Å². The van der Waals surface area contributed by atoms with Gasteiger partial charge >= 0.3 is 5.97 Å². The summed E-state index contributed by atoms with van der Waals surface area (Å²) in [6.07, 6.45) is 2.70. The first-order valence-electron chi connectivity index (χ1n) is 11.6. The van der Waals surface area contributed by atoms with Crippen molar-refractivity contribution in [2.45, 2.75) is 44.9 Å². The minimum absolute atomic E-state index is 0.130. The van der Waals surface area contributed by atoms with Crippen LogP contribution in [0.2, 0.25) is 0 Å². The van der Waals surface area contributed by atoms with E-state index in [2.05, 4.69) is 10.3 Å². The summed E-state index contributed by atoms with van der Waals surface area (Å²) in [5, 5.41) is 3.48. The number of ether oxygens (including phenoxy) is 1. The number of anilines is 1. The lowest BCUT2D eigenvalue weighted by Crippen LogP contribution is -2.35. The molecule has 1 aromatic heterocycles.